The van der Waals surface area contributed by atoms with E-state index in [9.17, 15) is 9.59 Å². The standard InChI is InChI=1S/C20H38O2.C10H20O2/c1-4-7-9-10-11-12-13-14-15-17-20(21)22-18-19(6-3)16-8-5-2;1-2-3-4-5-6-7-8-9-10(11)12/h7,9,19H,4-6,8,10-18H2,1-3H3;2-9H2,1H3,(H,11,12). The van der Waals surface area contributed by atoms with Crippen LogP contribution in [0.25, 0.3) is 0 Å². The maximum Gasteiger partial charge on any atom is 0.305 e. The fourth-order valence-electron chi connectivity index (χ4n) is 3.76. The number of hydrogen-bond acceptors (Lipinski definition) is 3. The molecule has 0 saturated heterocycles. The van der Waals surface area contributed by atoms with Crippen LogP contribution in [-0.2, 0) is 14.3 Å². The van der Waals surface area contributed by atoms with Gasteiger partial charge in [0.05, 0.1) is 6.61 Å². The normalized spacial score (nSPS) is 11.8. The molecule has 0 spiro atoms. The molecule has 1 unspecified atom stereocenters. The second-order valence-corrected chi connectivity index (χ2v) is 9.55. The Morgan fingerprint density at radius 1 is 0.706 bits per heavy atom. The third-order valence-corrected chi connectivity index (χ3v) is 6.17. The first-order chi connectivity index (χ1) is 16.5. The third-order valence-electron chi connectivity index (χ3n) is 6.17. The second kappa shape index (κ2) is 29.7. The molecule has 0 rings (SSSR count). The summed E-state index contributed by atoms with van der Waals surface area (Å²) in [5, 5.41) is 8.35. The summed E-state index contributed by atoms with van der Waals surface area (Å²) in [6.45, 7) is 9.38. The monoisotopic (exact) mass is 482 g/mol. The van der Waals surface area contributed by atoms with E-state index in [1.807, 2.05) is 0 Å². The molecule has 0 radical (unpaired) electrons. The van der Waals surface area contributed by atoms with Crippen LogP contribution in [0.1, 0.15) is 156 Å². The van der Waals surface area contributed by atoms with E-state index in [1.165, 1.54) is 77.0 Å². The summed E-state index contributed by atoms with van der Waals surface area (Å²) >= 11 is 0. The van der Waals surface area contributed by atoms with Crippen molar-refractivity contribution in [2.75, 3.05) is 6.61 Å². The molecule has 202 valence electrons. The van der Waals surface area contributed by atoms with E-state index in [2.05, 4.69) is 39.8 Å². The number of carboxylic acid groups (broad SMARTS) is 1. The highest BCUT2D eigenvalue weighted by atomic mass is 16.5. The van der Waals surface area contributed by atoms with Gasteiger partial charge in [-0.3, -0.25) is 9.59 Å². The van der Waals surface area contributed by atoms with Gasteiger partial charge in [0, 0.05) is 12.8 Å². The molecule has 0 aliphatic heterocycles. The Bertz CT molecular complexity index is 459. The molecule has 0 bridgehead atoms. The van der Waals surface area contributed by atoms with Crippen LogP contribution in [0, 0.1) is 5.92 Å². The molecule has 0 aromatic rings. The van der Waals surface area contributed by atoms with Gasteiger partial charge in [-0.05, 0) is 44.4 Å². The van der Waals surface area contributed by atoms with E-state index in [1.54, 1.807) is 0 Å². The number of unbranched alkanes of at least 4 members (excludes halogenated alkanes) is 12. The number of esters is 1. The predicted molar refractivity (Wildman–Crippen MR) is 146 cm³/mol. The lowest BCUT2D eigenvalue weighted by Gasteiger charge is -2.14. The predicted octanol–water partition coefficient (Wildman–Crippen LogP) is 9.65. The Balaban J connectivity index is 0. The minimum atomic E-state index is -0.663. The maximum atomic E-state index is 11.7. The average Bonchev–Trinajstić information content (AvgIpc) is 2.83. The number of carbonyl (C=O) groups is 2. The number of allylic oxidation sites excluding steroid dienone is 2. The molecule has 0 aliphatic carbocycles. The lowest BCUT2D eigenvalue weighted by molar-refractivity contribution is -0.145. The minimum absolute atomic E-state index is 0.000766. The van der Waals surface area contributed by atoms with Gasteiger partial charge >= 0.3 is 11.9 Å². The Morgan fingerprint density at radius 3 is 1.82 bits per heavy atom. The van der Waals surface area contributed by atoms with Crippen LogP contribution in [-0.4, -0.2) is 23.7 Å². The van der Waals surface area contributed by atoms with Gasteiger partial charge in [-0.15, -0.1) is 0 Å². The molecule has 0 heterocycles. The molecule has 4 heteroatoms. The van der Waals surface area contributed by atoms with Gasteiger partial charge in [-0.2, -0.15) is 0 Å². The van der Waals surface area contributed by atoms with Crippen LogP contribution in [0.2, 0.25) is 0 Å². The van der Waals surface area contributed by atoms with Crippen molar-refractivity contribution in [1.82, 2.24) is 0 Å². The quantitative estimate of drug-likeness (QED) is 0.0894. The minimum Gasteiger partial charge on any atom is -0.481 e. The van der Waals surface area contributed by atoms with Crippen LogP contribution in [0.4, 0.5) is 0 Å². The maximum absolute atomic E-state index is 11.7. The van der Waals surface area contributed by atoms with E-state index in [0.717, 1.165) is 38.5 Å². The van der Waals surface area contributed by atoms with Crippen molar-refractivity contribution in [2.24, 2.45) is 5.92 Å². The van der Waals surface area contributed by atoms with E-state index in [4.69, 9.17) is 9.84 Å². The third kappa shape index (κ3) is 30.7. The molecule has 1 atom stereocenters. The van der Waals surface area contributed by atoms with Crippen LogP contribution >= 0.6 is 0 Å². The molecule has 4 nitrogen and oxygen atoms in total. The lowest BCUT2D eigenvalue weighted by atomic mass is 10.0. The smallest absolute Gasteiger partial charge is 0.305 e. The molecule has 34 heavy (non-hydrogen) atoms. The zero-order valence-corrected chi connectivity index (χ0v) is 23.3. The van der Waals surface area contributed by atoms with Crippen molar-refractivity contribution < 1.29 is 19.4 Å². The molecule has 1 N–H and O–H groups in total. The van der Waals surface area contributed by atoms with Gasteiger partial charge in [0.1, 0.15) is 0 Å². The van der Waals surface area contributed by atoms with Gasteiger partial charge < -0.3 is 9.84 Å². The van der Waals surface area contributed by atoms with Crippen LogP contribution in [0.5, 0.6) is 0 Å². The van der Waals surface area contributed by atoms with Crippen LogP contribution in [0.3, 0.4) is 0 Å². The van der Waals surface area contributed by atoms with Crippen molar-refractivity contribution in [3.63, 3.8) is 0 Å². The molecule has 0 aromatic carbocycles. The Hall–Kier alpha value is -1.32. The van der Waals surface area contributed by atoms with Gasteiger partial charge in [-0.25, -0.2) is 0 Å². The van der Waals surface area contributed by atoms with Crippen LogP contribution in [0.15, 0.2) is 12.2 Å². The fourth-order valence-corrected chi connectivity index (χ4v) is 3.76. The molecule has 0 aliphatic rings. The molecule has 0 saturated carbocycles. The lowest BCUT2D eigenvalue weighted by Crippen LogP contribution is -2.13. The summed E-state index contributed by atoms with van der Waals surface area (Å²) < 4.78 is 5.42. The zero-order chi connectivity index (χ0) is 25.7. The SMILES string of the molecule is CCC=CCCCCCCCC(=O)OCC(CC)CCCC.CCCCCCCCCC(=O)O. The van der Waals surface area contributed by atoms with E-state index in [0.29, 0.717) is 25.4 Å². The number of carbonyl (C=O) groups excluding carboxylic acids is 1. The first kappa shape index (κ1) is 34.8. The van der Waals surface area contributed by atoms with Gasteiger partial charge in [0.25, 0.3) is 0 Å². The topological polar surface area (TPSA) is 63.6 Å². The molecular formula is C30H58O4. The second-order valence-electron chi connectivity index (χ2n) is 9.55. The highest BCUT2D eigenvalue weighted by Gasteiger charge is 2.09. The largest absolute Gasteiger partial charge is 0.481 e. The number of rotatable bonds is 23. The summed E-state index contributed by atoms with van der Waals surface area (Å²) in [6.07, 6.45) is 26.8. The highest BCUT2D eigenvalue weighted by molar-refractivity contribution is 5.69. The summed E-state index contributed by atoms with van der Waals surface area (Å²) in [5.41, 5.74) is 0. The zero-order valence-electron chi connectivity index (χ0n) is 23.3. The molecule has 0 aromatic heterocycles. The van der Waals surface area contributed by atoms with Crippen molar-refractivity contribution in [2.45, 2.75) is 156 Å². The van der Waals surface area contributed by atoms with Gasteiger partial charge in [-0.1, -0.05) is 117 Å². The number of carboxylic acids is 1. The Labute approximate surface area is 212 Å². The number of ether oxygens (including phenoxy) is 1. The average molecular weight is 483 g/mol. The molecule has 0 amide bonds. The Morgan fingerprint density at radius 2 is 1.26 bits per heavy atom. The highest BCUT2D eigenvalue weighted by Crippen LogP contribution is 2.14. The molecular weight excluding hydrogens is 424 g/mol. The fraction of sp³-hybridized carbons (Fsp3) is 0.867. The van der Waals surface area contributed by atoms with Crippen LogP contribution < -0.4 is 0 Å². The first-order valence-electron chi connectivity index (χ1n) is 14.5. The first-order valence-corrected chi connectivity index (χ1v) is 14.5. The van der Waals surface area contributed by atoms with E-state index < -0.39 is 5.97 Å². The van der Waals surface area contributed by atoms with E-state index >= 15 is 0 Å². The summed E-state index contributed by atoms with van der Waals surface area (Å²) in [4.78, 5) is 21.8. The van der Waals surface area contributed by atoms with Gasteiger partial charge in [0.2, 0.25) is 0 Å². The number of hydrogen-bond donors (Lipinski definition) is 1. The number of aliphatic carboxylic acids is 1. The van der Waals surface area contributed by atoms with Crippen molar-refractivity contribution in [3.05, 3.63) is 12.2 Å². The van der Waals surface area contributed by atoms with Crippen molar-refractivity contribution in [3.8, 4) is 0 Å². The van der Waals surface area contributed by atoms with Gasteiger partial charge in [0.15, 0.2) is 0 Å². The van der Waals surface area contributed by atoms with E-state index in [-0.39, 0.29) is 5.97 Å². The van der Waals surface area contributed by atoms with Crippen molar-refractivity contribution in [1.29, 1.82) is 0 Å². The Kier molecular flexibility index (Phi) is 30.5. The summed E-state index contributed by atoms with van der Waals surface area (Å²) in [6, 6.07) is 0. The summed E-state index contributed by atoms with van der Waals surface area (Å²) in [5.74, 6) is -0.107. The molecule has 0 fully saturated rings. The summed E-state index contributed by atoms with van der Waals surface area (Å²) in [7, 11) is 0. The van der Waals surface area contributed by atoms with Crippen molar-refractivity contribution >= 4 is 11.9 Å².